The number of hydrogen-bond acceptors (Lipinski definition) is 4. The Bertz CT molecular complexity index is 594. The SMILES string of the molecule is CC(C)S(=O)(=O)c1cccc(C(=O)NCC(N)=O)c1. The Labute approximate surface area is 111 Å². The van der Waals surface area contributed by atoms with E-state index < -0.39 is 26.9 Å². The molecule has 3 N–H and O–H groups in total. The molecule has 104 valence electrons. The lowest BCUT2D eigenvalue weighted by Crippen LogP contribution is -2.33. The molecule has 2 amide bonds. The van der Waals surface area contributed by atoms with Crippen LogP contribution in [0.15, 0.2) is 29.2 Å². The van der Waals surface area contributed by atoms with Crippen molar-refractivity contribution >= 4 is 21.7 Å². The van der Waals surface area contributed by atoms with E-state index in [1.165, 1.54) is 24.3 Å². The van der Waals surface area contributed by atoms with Crippen LogP contribution in [0.4, 0.5) is 0 Å². The van der Waals surface area contributed by atoms with E-state index >= 15 is 0 Å². The molecule has 0 saturated heterocycles. The van der Waals surface area contributed by atoms with Crippen molar-refractivity contribution in [1.29, 1.82) is 0 Å². The number of rotatable bonds is 5. The molecule has 1 rings (SSSR count). The highest BCUT2D eigenvalue weighted by atomic mass is 32.2. The van der Waals surface area contributed by atoms with Gasteiger partial charge in [-0.05, 0) is 32.0 Å². The van der Waals surface area contributed by atoms with Crippen LogP contribution in [0.25, 0.3) is 0 Å². The number of hydrogen-bond donors (Lipinski definition) is 2. The van der Waals surface area contributed by atoms with Crippen molar-refractivity contribution in [2.24, 2.45) is 5.73 Å². The van der Waals surface area contributed by atoms with Crippen molar-refractivity contribution in [3.63, 3.8) is 0 Å². The first-order valence-corrected chi connectivity index (χ1v) is 7.20. The summed E-state index contributed by atoms with van der Waals surface area (Å²) in [5.41, 5.74) is 5.08. The van der Waals surface area contributed by atoms with Gasteiger partial charge in [0.15, 0.2) is 9.84 Å². The molecular weight excluding hydrogens is 268 g/mol. The lowest BCUT2D eigenvalue weighted by molar-refractivity contribution is -0.117. The number of primary amides is 1. The summed E-state index contributed by atoms with van der Waals surface area (Å²) in [6.45, 7) is 2.84. The molecule has 19 heavy (non-hydrogen) atoms. The van der Waals surface area contributed by atoms with Crippen LogP contribution in [0.2, 0.25) is 0 Å². The molecule has 0 aromatic heterocycles. The Morgan fingerprint density at radius 2 is 1.95 bits per heavy atom. The molecule has 1 aromatic carbocycles. The highest BCUT2D eigenvalue weighted by Gasteiger charge is 2.20. The Kier molecular flexibility index (Phi) is 4.66. The van der Waals surface area contributed by atoms with Gasteiger partial charge in [0, 0.05) is 5.56 Å². The van der Waals surface area contributed by atoms with E-state index in [-0.39, 0.29) is 17.0 Å². The van der Waals surface area contributed by atoms with E-state index in [1.807, 2.05) is 0 Å². The van der Waals surface area contributed by atoms with E-state index in [9.17, 15) is 18.0 Å². The van der Waals surface area contributed by atoms with Crippen LogP contribution in [-0.2, 0) is 14.6 Å². The Morgan fingerprint density at radius 1 is 1.32 bits per heavy atom. The third-order valence-corrected chi connectivity index (χ3v) is 4.62. The second-order valence-corrected chi connectivity index (χ2v) is 6.77. The molecule has 7 heteroatoms. The highest BCUT2D eigenvalue weighted by molar-refractivity contribution is 7.92. The summed E-state index contributed by atoms with van der Waals surface area (Å²) in [6, 6.07) is 5.66. The van der Waals surface area contributed by atoms with Gasteiger partial charge in [0.2, 0.25) is 5.91 Å². The number of nitrogens with two attached hydrogens (primary N) is 1. The average Bonchev–Trinajstić information content (AvgIpc) is 2.35. The summed E-state index contributed by atoms with van der Waals surface area (Å²) in [4.78, 5) is 22.3. The van der Waals surface area contributed by atoms with Gasteiger partial charge in [-0.2, -0.15) is 0 Å². The van der Waals surface area contributed by atoms with Crippen LogP contribution in [0, 0.1) is 0 Å². The van der Waals surface area contributed by atoms with Gasteiger partial charge in [-0.15, -0.1) is 0 Å². The van der Waals surface area contributed by atoms with E-state index in [0.29, 0.717) is 0 Å². The smallest absolute Gasteiger partial charge is 0.251 e. The molecule has 0 bridgehead atoms. The van der Waals surface area contributed by atoms with Crippen molar-refractivity contribution in [3.8, 4) is 0 Å². The van der Waals surface area contributed by atoms with Gasteiger partial charge in [0.05, 0.1) is 16.7 Å². The second kappa shape index (κ2) is 5.83. The van der Waals surface area contributed by atoms with E-state index in [1.54, 1.807) is 13.8 Å². The van der Waals surface area contributed by atoms with Crippen molar-refractivity contribution < 1.29 is 18.0 Å². The quantitative estimate of drug-likeness (QED) is 0.798. The summed E-state index contributed by atoms with van der Waals surface area (Å²) in [5.74, 6) is -1.21. The minimum atomic E-state index is -3.44. The minimum Gasteiger partial charge on any atom is -0.368 e. The van der Waals surface area contributed by atoms with Crippen LogP contribution >= 0.6 is 0 Å². The van der Waals surface area contributed by atoms with Gasteiger partial charge in [-0.3, -0.25) is 9.59 Å². The number of carbonyl (C=O) groups is 2. The summed E-state index contributed by atoms with van der Waals surface area (Å²) >= 11 is 0. The van der Waals surface area contributed by atoms with E-state index in [4.69, 9.17) is 5.73 Å². The van der Waals surface area contributed by atoms with E-state index in [2.05, 4.69) is 5.32 Å². The predicted molar refractivity (Wildman–Crippen MR) is 70.3 cm³/mol. The van der Waals surface area contributed by atoms with Gasteiger partial charge < -0.3 is 11.1 Å². The zero-order chi connectivity index (χ0) is 14.6. The third-order valence-electron chi connectivity index (χ3n) is 2.47. The predicted octanol–water partition coefficient (Wildman–Crippen LogP) is 0.0838. The fourth-order valence-electron chi connectivity index (χ4n) is 1.36. The maximum Gasteiger partial charge on any atom is 0.251 e. The van der Waals surface area contributed by atoms with Crippen LogP contribution in [0.5, 0.6) is 0 Å². The molecule has 0 saturated carbocycles. The fraction of sp³-hybridized carbons (Fsp3) is 0.333. The standard InChI is InChI=1S/C12H16N2O4S/c1-8(2)19(17,18)10-5-3-4-9(6-10)12(16)14-7-11(13)15/h3-6,8H,7H2,1-2H3,(H2,13,15)(H,14,16). The minimum absolute atomic E-state index is 0.0780. The van der Waals surface area contributed by atoms with Crippen molar-refractivity contribution in [1.82, 2.24) is 5.32 Å². The largest absolute Gasteiger partial charge is 0.368 e. The van der Waals surface area contributed by atoms with Gasteiger partial charge in [-0.1, -0.05) is 6.07 Å². The number of sulfone groups is 1. The molecule has 0 aliphatic rings. The molecule has 0 atom stereocenters. The normalized spacial score (nSPS) is 11.3. The molecule has 6 nitrogen and oxygen atoms in total. The Balaban J connectivity index is 3.01. The summed E-state index contributed by atoms with van der Waals surface area (Å²) in [6.07, 6.45) is 0. The maximum atomic E-state index is 12.0. The molecule has 0 spiro atoms. The van der Waals surface area contributed by atoms with Crippen molar-refractivity contribution in [3.05, 3.63) is 29.8 Å². The zero-order valence-corrected chi connectivity index (χ0v) is 11.5. The zero-order valence-electron chi connectivity index (χ0n) is 10.7. The van der Waals surface area contributed by atoms with Crippen molar-refractivity contribution in [2.75, 3.05) is 6.54 Å². The van der Waals surface area contributed by atoms with Gasteiger partial charge >= 0.3 is 0 Å². The molecule has 0 fully saturated rings. The molecule has 1 aromatic rings. The number of carbonyl (C=O) groups excluding carboxylic acids is 2. The maximum absolute atomic E-state index is 12.0. The molecule has 0 aliphatic carbocycles. The summed E-state index contributed by atoms with van der Waals surface area (Å²) in [5, 5.41) is 1.73. The first-order valence-electron chi connectivity index (χ1n) is 5.65. The third kappa shape index (κ3) is 3.78. The fourth-order valence-corrected chi connectivity index (χ4v) is 2.46. The molecule has 0 unspecified atom stereocenters. The molecule has 0 radical (unpaired) electrons. The number of benzene rings is 1. The first-order chi connectivity index (χ1) is 8.75. The van der Waals surface area contributed by atoms with Gasteiger partial charge in [0.25, 0.3) is 5.91 Å². The molecular formula is C12H16N2O4S. The Hall–Kier alpha value is -1.89. The summed E-state index contributed by atoms with van der Waals surface area (Å²) < 4.78 is 23.9. The van der Waals surface area contributed by atoms with Crippen molar-refractivity contribution in [2.45, 2.75) is 24.0 Å². The van der Waals surface area contributed by atoms with Crippen LogP contribution in [-0.4, -0.2) is 32.0 Å². The van der Waals surface area contributed by atoms with Crippen LogP contribution in [0.1, 0.15) is 24.2 Å². The average molecular weight is 284 g/mol. The molecule has 0 aliphatic heterocycles. The van der Waals surface area contributed by atoms with Gasteiger partial charge in [-0.25, -0.2) is 8.42 Å². The van der Waals surface area contributed by atoms with E-state index in [0.717, 1.165) is 0 Å². The highest BCUT2D eigenvalue weighted by Crippen LogP contribution is 2.17. The summed E-state index contributed by atoms with van der Waals surface area (Å²) in [7, 11) is -3.44. The number of amides is 2. The first kappa shape index (κ1) is 15.2. The lowest BCUT2D eigenvalue weighted by Gasteiger charge is -2.09. The second-order valence-electron chi connectivity index (χ2n) is 4.27. The monoisotopic (exact) mass is 284 g/mol. The molecule has 0 heterocycles. The topological polar surface area (TPSA) is 106 Å². The van der Waals surface area contributed by atoms with Crippen LogP contribution in [0.3, 0.4) is 0 Å². The van der Waals surface area contributed by atoms with Gasteiger partial charge in [0.1, 0.15) is 0 Å². The Morgan fingerprint density at radius 3 is 2.47 bits per heavy atom. The lowest BCUT2D eigenvalue weighted by atomic mass is 10.2. The van der Waals surface area contributed by atoms with Crippen LogP contribution < -0.4 is 11.1 Å². The number of nitrogens with one attached hydrogen (secondary N) is 1.